The number of aromatic nitrogens is 2. The second kappa shape index (κ2) is 16.9. The molecule has 1 N–H and O–H groups in total. The van der Waals surface area contributed by atoms with E-state index in [2.05, 4.69) is 4.98 Å². The van der Waals surface area contributed by atoms with Crippen molar-refractivity contribution in [2.75, 3.05) is 12.9 Å². The van der Waals surface area contributed by atoms with Crippen molar-refractivity contribution in [1.29, 1.82) is 0 Å². The minimum absolute atomic E-state index is 0.234. The largest absolute Gasteiger partial charge is 0.358 e. The molecular weight excluding hydrogens is 765 g/mol. The van der Waals surface area contributed by atoms with Crippen LogP contribution < -0.4 is 11.2 Å². The highest BCUT2D eigenvalue weighted by Gasteiger charge is 2.54. The Morgan fingerprint density at radius 2 is 0.932 bits per heavy atom. The van der Waals surface area contributed by atoms with E-state index in [1.807, 2.05) is 182 Å². The van der Waals surface area contributed by atoms with Crippen LogP contribution in [-0.4, -0.2) is 49.1 Å². The van der Waals surface area contributed by atoms with Crippen molar-refractivity contribution in [1.82, 2.24) is 9.55 Å². The standard InChI is InChI=1S/C48H42N2O8S/c1-59(53,54)58-43-41(34-55-47(35-20-8-2-9-21-35,36-22-10-3-11-23-36)37-24-12-4-13-25-37)56-45(50-33-32-42(51)49-46(50)52)44(43)57-48(38-26-14-5-15-27-38,39-28-16-6-17-29-39)40-30-18-7-19-31-40/h2-33,41,43-45H,34H2,1H3,(H,49,51,52)/t41-,43+,44+,45+/m0/s1. The lowest BCUT2D eigenvalue weighted by molar-refractivity contribution is -0.123. The monoisotopic (exact) mass is 806 g/mol. The van der Waals surface area contributed by atoms with Crippen molar-refractivity contribution in [2.45, 2.75) is 35.7 Å². The molecule has 1 aliphatic rings. The number of nitrogens with one attached hydrogen (secondary N) is 1. The van der Waals surface area contributed by atoms with E-state index < -0.39 is 57.1 Å². The Kier molecular flexibility index (Phi) is 11.4. The summed E-state index contributed by atoms with van der Waals surface area (Å²) in [7, 11) is -4.22. The molecule has 0 amide bonds. The molecule has 1 aliphatic heterocycles. The van der Waals surface area contributed by atoms with E-state index in [0.29, 0.717) is 0 Å². The minimum atomic E-state index is -4.22. The molecule has 11 heteroatoms. The van der Waals surface area contributed by atoms with E-state index in [4.69, 9.17) is 18.4 Å². The van der Waals surface area contributed by atoms with Gasteiger partial charge in [-0.25, -0.2) is 4.79 Å². The number of rotatable bonds is 14. The second-order valence-electron chi connectivity index (χ2n) is 14.3. The molecule has 6 aromatic carbocycles. The molecule has 2 heterocycles. The quantitative estimate of drug-likeness (QED) is 0.0907. The highest BCUT2D eigenvalue weighted by atomic mass is 32.2. The van der Waals surface area contributed by atoms with Crippen molar-refractivity contribution in [3.05, 3.63) is 248 Å². The molecule has 0 bridgehead atoms. The summed E-state index contributed by atoms with van der Waals surface area (Å²) < 4.78 is 55.4. The summed E-state index contributed by atoms with van der Waals surface area (Å²) >= 11 is 0. The Labute approximate surface area is 342 Å². The number of hydrogen-bond donors (Lipinski definition) is 1. The lowest BCUT2D eigenvalue weighted by Crippen LogP contribution is -2.47. The molecule has 59 heavy (non-hydrogen) atoms. The number of benzene rings is 6. The number of hydrogen-bond acceptors (Lipinski definition) is 8. The third-order valence-electron chi connectivity index (χ3n) is 10.6. The summed E-state index contributed by atoms with van der Waals surface area (Å²) in [6, 6.07) is 59.0. The number of ether oxygens (including phenoxy) is 3. The Balaban J connectivity index is 1.33. The maximum atomic E-state index is 13.7. The van der Waals surface area contributed by atoms with Gasteiger partial charge >= 0.3 is 5.69 Å². The Morgan fingerprint density at radius 1 is 0.559 bits per heavy atom. The van der Waals surface area contributed by atoms with Crippen LogP contribution in [-0.2, 0) is 39.7 Å². The summed E-state index contributed by atoms with van der Waals surface area (Å²) in [6.45, 7) is -0.234. The van der Waals surface area contributed by atoms with Gasteiger partial charge in [0, 0.05) is 12.3 Å². The SMILES string of the molecule is CS(=O)(=O)O[C@H]1[C@@H](OC(c2ccccc2)(c2ccccc2)c2ccccc2)[C@H](n2ccc(=O)[nH]c2=O)O[C@H]1COC(c1ccccc1)(c1ccccc1)c1ccccc1. The van der Waals surface area contributed by atoms with Crippen LogP contribution in [0, 0.1) is 0 Å². The third kappa shape index (κ3) is 7.99. The van der Waals surface area contributed by atoms with E-state index in [1.54, 1.807) is 0 Å². The van der Waals surface area contributed by atoms with Crippen LogP contribution in [0.4, 0.5) is 0 Å². The molecule has 0 saturated carbocycles. The zero-order chi connectivity index (χ0) is 40.9. The maximum Gasteiger partial charge on any atom is 0.330 e. The number of nitrogens with zero attached hydrogens (tertiary/aromatic N) is 1. The van der Waals surface area contributed by atoms with E-state index in [-0.39, 0.29) is 6.61 Å². The van der Waals surface area contributed by atoms with E-state index in [1.165, 1.54) is 16.8 Å². The van der Waals surface area contributed by atoms with E-state index >= 15 is 0 Å². The van der Waals surface area contributed by atoms with Gasteiger partial charge < -0.3 is 14.2 Å². The van der Waals surface area contributed by atoms with Gasteiger partial charge in [0.1, 0.15) is 29.5 Å². The van der Waals surface area contributed by atoms with Gasteiger partial charge in [0.05, 0.1) is 12.9 Å². The molecule has 0 unspecified atom stereocenters. The van der Waals surface area contributed by atoms with Gasteiger partial charge in [-0.05, 0) is 33.4 Å². The van der Waals surface area contributed by atoms with Crippen LogP contribution in [0.25, 0.3) is 0 Å². The van der Waals surface area contributed by atoms with Crippen LogP contribution >= 0.6 is 0 Å². The first-order chi connectivity index (χ1) is 28.7. The molecule has 0 radical (unpaired) electrons. The van der Waals surface area contributed by atoms with Gasteiger partial charge in [0.25, 0.3) is 15.7 Å². The van der Waals surface area contributed by atoms with Gasteiger partial charge in [0.15, 0.2) is 6.23 Å². The molecule has 7 aromatic rings. The molecule has 8 rings (SSSR count). The summed E-state index contributed by atoms with van der Waals surface area (Å²) in [5.41, 5.74) is 0.586. The number of aromatic amines is 1. The summed E-state index contributed by atoms with van der Waals surface area (Å²) in [6.07, 6.45) is -2.92. The molecule has 1 saturated heterocycles. The highest BCUT2D eigenvalue weighted by molar-refractivity contribution is 7.86. The van der Waals surface area contributed by atoms with Gasteiger partial charge in [-0.15, -0.1) is 0 Å². The molecule has 4 atom stereocenters. The predicted molar refractivity (Wildman–Crippen MR) is 224 cm³/mol. The Bertz CT molecular complexity index is 2490. The van der Waals surface area contributed by atoms with Crippen molar-refractivity contribution in [3.8, 4) is 0 Å². The smallest absolute Gasteiger partial charge is 0.330 e. The lowest BCUT2D eigenvalue weighted by atomic mass is 9.79. The summed E-state index contributed by atoms with van der Waals surface area (Å²) in [4.78, 5) is 28.4. The Hall–Kier alpha value is -6.21. The van der Waals surface area contributed by atoms with Crippen molar-refractivity contribution < 1.29 is 26.8 Å². The molecule has 0 spiro atoms. The highest BCUT2D eigenvalue weighted by Crippen LogP contribution is 2.47. The average molecular weight is 807 g/mol. The van der Waals surface area contributed by atoms with Gasteiger partial charge in [-0.1, -0.05) is 182 Å². The van der Waals surface area contributed by atoms with E-state index in [9.17, 15) is 18.0 Å². The topological polar surface area (TPSA) is 126 Å². The molecule has 298 valence electrons. The second-order valence-corrected chi connectivity index (χ2v) is 15.9. The molecule has 0 aliphatic carbocycles. The van der Waals surface area contributed by atoms with Crippen LogP contribution in [0.3, 0.4) is 0 Å². The first-order valence-corrected chi connectivity index (χ1v) is 21.0. The van der Waals surface area contributed by atoms with Gasteiger partial charge in [-0.3, -0.25) is 18.5 Å². The maximum absolute atomic E-state index is 13.7. The third-order valence-corrected chi connectivity index (χ3v) is 11.1. The fourth-order valence-electron chi connectivity index (χ4n) is 8.04. The minimum Gasteiger partial charge on any atom is -0.358 e. The normalized spacial score (nSPS) is 18.4. The van der Waals surface area contributed by atoms with Crippen molar-refractivity contribution in [3.63, 3.8) is 0 Å². The zero-order valence-corrected chi connectivity index (χ0v) is 32.9. The first-order valence-electron chi connectivity index (χ1n) is 19.2. The molecule has 1 aromatic heterocycles. The van der Waals surface area contributed by atoms with E-state index in [0.717, 1.165) is 39.6 Å². The van der Waals surface area contributed by atoms with Gasteiger partial charge in [0.2, 0.25) is 0 Å². The van der Waals surface area contributed by atoms with Crippen molar-refractivity contribution in [2.24, 2.45) is 0 Å². The first kappa shape index (κ1) is 39.6. The van der Waals surface area contributed by atoms with Gasteiger partial charge in [-0.2, -0.15) is 8.42 Å². The lowest BCUT2D eigenvalue weighted by Gasteiger charge is -2.40. The predicted octanol–water partition coefficient (Wildman–Crippen LogP) is 7.16. The number of H-pyrrole nitrogens is 1. The average Bonchev–Trinajstić information content (AvgIpc) is 3.59. The van der Waals surface area contributed by atoms with Crippen LogP contribution in [0.1, 0.15) is 39.6 Å². The van der Waals surface area contributed by atoms with Crippen LogP contribution in [0.5, 0.6) is 0 Å². The Morgan fingerprint density at radius 3 is 1.29 bits per heavy atom. The summed E-state index contributed by atoms with van der Waals surface area (Å²) in [5.74, 6) is 0. The van der Waals surface area contributed by atoms with Crippen LogP contribution in [0.15, 0.2) is 204 Å². The van der Waals surface area contributed by atoms with Crippen molar-refractivity contribution >= 4 is 10.1 Å². The fraction of sp³-hybridized carbons (Fsp3) is 0.167. The molecule has 10 nitrogen and oxygen atoms in total. The fourth-order valence-corrected chi connectivity index (χ4v) is 8.68. The molecule has 1 fully saturated rings. The molecular formula is C48H42N2O8S. The zero-order valence-electron chi connectivity index (χ0n) is 32.1. The van der Waals surface area contributed by atoms with Crippen LogP contribution in [0.2, 0.25) is 0 Å². The summed E-state index contributed by atoms with van der Waals surface area (Å²) in [5, 5.41) is 0.